The van der Waals surface area contributed by atoms with Gasteiger partial charge in [0.05, 0.1) is 6.10 Å². The maximum absolute atomic E-state index is 12.5. The van der Waals surface area contributed by atoms with Gasteiger partial charge in [-0.15, -0.1) is 0 Å². The number of carbonyl (C=O) groups excluding carboxylic acids is 1. The second-order valence-electron chi connectivity index (χ2n) is 6.97. The summed E-state index contributed by atoms with van der Waals surface area (Å²) in [6.45, 7) is 1.13. The van der Waals surface area contributed by atoms with Gasteiger partial charge in [0.1, 0.15) is 0 Å². The summed E-state index contributed by atoms with van der Waals surface area (Å²) in [5.41, 5.74) is -0.0493. The number of aliphatic hydroxyl groups excluding tert-OH is 1. The van der Waals surface area contributed by atoms with Crippen LogP contribution in [0.4, 0.5) is 0 Å². The minimum Gasteiger partial charge on any atom is -0.454 e. The van der Waals surface area contributed by atoms with E-state index in [0.717, 1.165) is 5.56 Å². The fourth-order valence-electron chi connectivity index (χ4n) is 3.69. The molecule has 0 saturated carbocycles. The van der Waals surface area contributed by atoms with Gasteiger partial charge in [-0.25, -0.2) is 4.79 Å². The maximum Gasteiger partial charge on any atom is 0.328 e. The molecule has 0 aliphatic carbocycles. The monoisotopic (exact) mass is 387 g/mol. The SMILES string of the molecule is O=C(CCn1ccc(=O)[nH]c1=O)N1CC[C@@H](c2ccc3c(c2)OCO3)[C@H](O)C1. The van der Waals surface area contributed by atoms with Crippen LogP contribution >= 0.6 is 0 Å². The van der Waals surface area contributed by atoms with Crippen molar-refractivity contribution in [3.8, 4) is 11.5 Å². The fourth-order valence-corrected chi connectivity index (χ4v) is 3.69. The number of aliphatic hydroxyl groups is 1. The molecule has 9 heteroatoms. The molecule has 2 aromatic rings. The zero-order valence-electron chi connectivity index (χ0n) is 15.2. The molecule has 3 heterocycles. The van der Waals surface area contributed by atoms with Crippen molar-refractivity contribution in [2.24, 2.45) is 0 Å². The largest absolute Gasteiger partial charge is 0.454 e. The molecule has 28 heavy (non-hydrogen) atoms. The van der Waals surface area contributed by atoms with Gasteiger partial charge in [-0.1, -0.05) is 6.07 Å². The normalized spacial score (nSPS) is 21.0. The van der Waals surface area contributed by atoms with E-state index in [0.29, 0.717) is 24.5 Å². The van der Waals surface area contributed by atoms with Crippen molar-refractivity contribution < 1.29 is 19.4 Å². The number of fused-ring (bicyclic) bond motifs is 1. The number of aromatic nitrogens is 2. The van der Waals surface area contributed by atoms with Crippen molar-refractivity contribution in [3.63, 3.8) is 0 Å². The average Bonchev–Trinajstić information content (AvgIpc) is 3.14. The molecule has 1 fully saturated rings. The molecule has 148 valence electrons. The van der Waals surface area contributed by atoms with E-state index in [1.54, 1.807) is 4.90 Å². The summed E-state index contributed by atoms with van der Waals surface area (Å²) in [5, 5.41) is 10.6. The molecule has 0 bridgehead atoms. The zero-order chi connectivity index (χ0) is 19.7. The van der Waals surface area contributed by atoms with E-state index in [1.165, 1.54) is 16.8 Å². The lowest BCUT2D eigenvalue weighted by Gasteiger charge is -2.36. The summed E-state index contributed by atoms with van der Waals surface area (Å²) >= 11 is 0. The number of benzene rings is 1. The molecule has 1 aromatic heterocycles. The van der Waals surface area contributed by atoms with Crippen molar-refractivity contribution >= 4 is 5.91 Å². The van der Waals surface area contributed by atoms with Crippen molar-refractivity contribution in [3.05, 3.63) is 56.9 Å². The predicted octanol–water partition coefficient (Wildman–Crippen LogP) is 0.0324. The predicted molar refractivity (Wildman–Crippen MR) is 98.4 cm³/mol. The molecule has 0 radical (unpaired) electrons. The molecular formula is C19H21N3O6. The number of rotatable bonds is 4. The first-order valence-corrected chi connectivity index (χ1v) is 9.16. The number of hydrogen-bond acceptors (Lipinski definition) is 6. The molecule has 9 nitrogen and oxygen atoms in total. The summed E-state index contributed by atoms with van der Waals surface area (Å²) < 4.78 is 12.0. The molecule has 0 spiro atoms. The number of H-pyrrole nitrogens is 1. The lowest BCUT2D eigenvalue weighted by molar-refractivity contribution is -0.135. The third kappa shape index (κ3) is 3.65. The number of β-amino-alcohol motifs (C(OH)–C–C–N with tert-alkyl or cyclic N) is 1. The van der Waals surface area contributed by atoms with Crippen LogP contribution in [0.25, 0.3) is 0 Å². The van der Waals surface area contributed by atoms with E-state index >= 15 is 0 Å². The van der Waals surface area contributed by atoms with Crippen LogP contribution in [-0.4, -0.2) is 51.5 Å². The van der Waals surface area contributed by atoms with E-state index in [4.69, 9.17) is 9.47 Å². The minimum atomic E-state index is -0.686. The summed E-state index contributed by atoms with van der Waals surface area (Å²) in [6.07, 6.45) is 1.43. The van der Waals surface area contributed by atoms with E-state index in [2.05, 4.69) is 4.98 Å². The van der Waals surface area contributed by atoms with Crippen molar-refractivity contribution in [1.29, 1.82) is 0 Å². The highest BCUT2D eigenvalue weighted by Gasteiger charge is 2.31. The van der Waals surface area contributed by atoms with Crippen LogP contribution in [0.1, 0.15) is 24.3 Å². The van der Waals surface area contributed by atoms with Crippen LogP contribution in [0.2, 0.25) is 0 Å². The zero-order valence-corrected chi connectivity index (χ0v) is 15.2. The van der Waals surface area contributed by atoms with Gasteiger partial charge in [-0.05, 0) is 24.1 Å². The Morgan fingerprint density at radius 2 is 2.04 bits per heavy atom. The highest BCUT2D eigenvalue weighted by atomic mass is 16.7. The number of amides is 1. The van der Waals surface area contributed by atoms with Crippen LogP contribution in [0, 0.1) is 0 Å². The number of likely N-dealkylation sites (tertiary alicyclic amines) is 1. The van der Waals surface area contributed by atoms with Crippen LogP contribution in [0.3, 0.4) is 0 Å². The number of nitrogens with one attached hydrogen (secondary N) is 1. The Morgan fingerprint density at radius 3 is 2.82 bits per heavy atom. The number of hydrogen-bond donors (Lipinski definition) is 2. The van der Waals surface area contributed by atoms with Gasteiger partial charge in [-0.3, -0.25) is 14.6 Å². The summed E-state index contributed by atoms with van der Waals surface area (Å²) in [5.74, 6) is 1.15. The van der Waals surface area contributed by atoms with E-state index in [-0.39, 0.29) is 38.1 Å². The van der Waals surface area contributed by atoms with Gasteiger partial charge < -0.3 is 24.0 Å². The van der Waals surface area contributed by atoms with Gasteiger partial charge in [0, 0.05) is 44.2 Å². The van der Waals surface area contributed by atoms with E-state index < -0.39 is 17.4 Å². The Balaban J connectivity index is 1.36. The number of piperidine rings is 1. The third-order valence-corrected chi connectivity index (χ3v) is 5.22. The van der Waals surface area contributed by atoms with Crippen LogP contribution in [-0.2, 0) is 11.3 Å². The molecule has 2 aliphatic rings. The van der Waals surface area contributed by atoms with Gasteiger partial charge in [0.2, 0.25) is 12.7 Å². The molecule has 0 unspecified atom stereocenters. The third-order valence-electron chi connectivity index (χ3n) is 5.22. The smallest absolute Gasteiger partial charge is 0.328 e. The number of aryl methyl sites for hydroxylation is 1. The topological polar surface area (TPSA) is 114 Å². The van der Waals surface area contributed by atoms with Crippen LogP contribution in [0.15, 0.2) is 40.1 Å². The molecule has 1 saturated heterocycles. The quantitative estimate of drug-likeness (QED) is 0.765. The molecule has 4 rings (SSSR count). The van der Waals surface area contributed by atoms with Gasteiger partial charge in [0.15, 0.2) is 11.5 Å². The molecule has 2 aliphatic heterocycles. The molecular weight excluding hydrogens is 366 g/mol. The summed E-state index contributed by atoms with van der Waals surface area (Å²) in [7, 11) is 0. The van der Waals surface area contributed by atoms with Crippen LogP contribution in [0.5, 0.6) is 11.5 Å². The van der Waals surface area contributed by atoms with Crippen molar-refractivity contribution in [1.82, 2.24) is 14.5 Å². The number of nitrogens with zero attached hydrogens (tertiary/aromatic N) is 2. The van der Waals surface area contributed by atoms with Gasteiger partial charge in [0.25, 0.3) is 5.56 Å². The highest BCUT2D eigenvalue weighted by molar-refractivity contribution is 5.76. The second-order valence-corrected chi connectivity index (χ2v) is 6.97. The van der Waals surface area contributed by atoms with Crippen molar-refractivity contribution in [2.45, 2.75) is 31.4 Å². The number of aromatic amines is 1. The minimum absolute atomic E-state index is 0.0830. The van der Waals surface area contributed by atoms with E-state index in [1.807, 2.05) is 18.2 Å². The Bertz CT molecular complexity index is 998. The Hall–Kier alpha value is -3.07. The summed E-state index contributed by atoms with van der Waals surface area (Å²) in [4.78, 5) is 39.0. The molecule has 2 N–H and O–H groups in total. The fraction of sp³-hybridized carbons (Fsp3) is 0.421. The summed E-state index contributed by atoms with van der Waals surface area (Å²) in [6, 6.07) is 6.88. The Labute approximate surface area is 160 Å². The van der Waals surface area contributed by atoms with Gasteiger partial charge in [-0.2, -0.15) is 0 Å². The number of carbonyl (C=O) groups is 1. The first-order chi connectivity index (χ1) is 13.5. The standard InChI is InChI=1S/C19H21N3O6/c23-14-10-22(18(25)5-8-21-7-4-17(24)20-19(21)26)6-3-13(14)12-1-2-15-16(9-12)28-11-27-15/h1-2,4,7,9,13-14,23H,3,5-6,8,10-11H2,(H,20,24,26)/t13-,14+/m0/s1. The maximum atomic E-state index is 12.5. The first-order valence-electron chi connectivity index (χ1n) is 9.16. The van der Waals surface area contributed by atoms with Crippen molar-refractivity contribution in [2.75, 3.05) is 19.9 Å². The van der Waals surface area contributed by atoms with E-state index in [9.17, 15) is 19.5 Å². The lowest BCUT2D eigenvalue weighted by Crippen LogP contribution is -2.46. The lowest BCUT2D eigenvalue weighted by atomic mass is 9.87. The van der Waals surface area contributed by atoms with Crippen LogP contribution < -0.4 is 20.7 Å². The Kier molecular flexibility index (Phi) is 4.91. The van der Waals surface area contributed by atoms with Gasteiger partial charge >= 0.3 is 5.69 Å². The average molecular weight is 387 g/mol. The molecule has 1 amide bonds. The number of ether oxygens (including phenoxy) is 2. The molecule has 1 aromatic carbocycles. The Morgan fingerprint density at radius 1 is 1.21 bits per heavy atom. The molecule has 2 atom stereocenters. The second kappa shape index (κ2) is 7.51. The highest BCUT2D eigenvalue weighted by Crippen LogP contribution is 2.37. The first kappa shape index (κ1) is 18.3.